The molecule has 2 saturated heterocycles. The number of ether oxygens (including phenoxy) is 1. The second kappa shape index (κ2) is 11.8. The number of halogens is 1. The summed E-state index contributed by atoms with van der Waals surface area (Å²) >= 11 is 6.07. The molecule has 2 fully saturated rings. The number of rotatable bonds is 5. The Morgan fingerprint density at radius 3 is 2.33 bits per heavy atom. The van der Waals surface area contributed by atoms with Crippen LogP contribution in [0.3, 0.4) is 0 Å². The molecule has 1 atom stereocenters. The van der Waals surface area contributed by atoms with Gasteiger partial charge in [0.2, 0.25) is 0 Å². The molecule has 2 amide bonds. The molecule has 11 heteroatoms. The van der Waals surface area contributed by atoms with Gasteiger partial charge in [0.1, 0.15) is 5.75 Å². The number of carbonyl (C=O) groups is 2. The number of hydrogen-bond acceptors (Lipinski definition) is 6. The van der Waals surface area contributed by atoms with Gasteiger partial charge in [-0.15, -0.1) is 0 Å². The Balaban J connectivity index is 1.51. The number of phenols is 1. The van der Waals surface area contributed by atoms with Gasteiger partial charge in [0.05, 0.1) is 22.3 Å². The highest BCUT2D eigenvalue weighted by Crippen LogP contribution is 2.34. The average Bonchev–Trinajstić information content (AvgIpc) is 3.39. The number of hydrogen-bond donors (Lipinski definition) is 2. The van der Waals surface area contributed by atoms with Crippen molar-refractivity contribution in [2.75, 3.05) is 32.8 Å². The molecule has 0 radical (unpaired) electrons. The smallest absolute Gasteiger partial charge is 0.407 e. The van der Waals surface area contributed by atoms with Gasteiger partial charge >= 0.3 is 6.09 Å². The summed E-state index contributed by atoms with van der Waals surface area (Å²) in [6, 6.07) is 15.8. The first kappa shape index (κ1) is 27.7. The van der Waals surface area contributed by atoms with Crippen LogP contribution >= 0.6 is 11.6 Å². The van der Waals surface area contributed by atoms with Crippen molar-refractivity contribution in [1.29, 1.82) is 0 Å². The predicted octanol–water partition coefficient (Wildman–Crippen LogP) is 5.76. The highest BCUT2D eigenvalue weighted by Gasteiger charge is 2.30. The molecule has 42 heavy (non-hydrogen) atoms. The van der Waals surface area contributed by atoms with E-state index < -0.39 is 6.09 Å². The largest absolute Gasteiger partial charge is 0.508 e. The molecule has 4 heterocycles. The molecule has 0 saturated carbocycles. The lowest BCUT2D eigenvalue weighted by atomic mass is 10.0. The number of nitrogens with zero attached hydrogens (tertiary/aromatic N) is 5. The summed E-state index contributed by atoms with van der Waals surface area (Å²) in [5.74, 6) is -0.0968. The van der Waals surface area contributed by atoms with E-state index in [9.17, 15) is 19.8 Å². The molecule has 2 aliphatic heterocycles. The number of pyridine rings is 1. The molecule has 216 valence electrons. The lowest BCUT2D eigenvalue weighted by Crippen LogP contribution is -2.50. The highest BCUT2D eigenvalue weighted by molar-refractivity contribution is 6.30. The normalized spacial score (nSPS) is 17.7. The van der Waals surface area contributed by atoms with E-state index in [4.69, 9.17) is 26.4 Å². The zero-order valence-electron chi connectivity index (χ0n) is 22.8. The third kappa shape index (κ3) is 5.68. The number of phenolic OH excluding ortho intramolecular Hbond substituents is 1. The van der Waals surface area contributed by atoms with Crippen molar-refractivity contribution < 1.29 is 24.5 Å². The van der Waals surface area contributed by atoms with Crippen LogP contribution in [-0.4, -0.2) is 79.6 Å². The summed E-state index contributed by atoms with van der Waals surface area (Å²) in [6.07, 6.45) is 5.18. The molecule has 2 aromatic carbocycles. The summed E-state index contributed by atoms with van der Waals surface area (Å²) in [7, 11) is 0. The van der Waals surface area contributed by atoms with Crippen LogP contribution in [0.25, 0.3) is 34.4 Å². The van der Waals surface area contributed by atoms with Crippen LogP contribution in [0.4, 0.5) is 4.79 Å². The van der Waals surface area contributed by atoms with Crippen LogP contribution in [0.2, 0.25) is 5.02 Å². The molecular weight excluding hydrogens is 558 g/mol. The molecule has 0 aliphatic carbocycles. The van der Waals surface area contributed by atoms with E-state index in [0.717, 1.165) is 30.4 Å². The van der Waals surface area contributed by atoms with Crippen molar-refractivity contribution in [2.24, 2.45) is 0 Å². The fourth-order valence-electron chi connectivity index (χ4n) is 5.37. The van der Waals surface area contributed by atoms with Crippen molar-refractivity contribution in [3.8, 4) is 17.0 Å². The van der Waals surface area contributed by atoms with Crippen molar-refractivity contribution >= 4 is 46.8 Å². The van der Waals surface area contributed by atoms with E-state index in [-0.39, 0.29) is 44.1 Å². The van der Waals surface area contributed by atoms with Crippen LogP contribution in [0.15, 0.2) is 54.6 Å². The summed E-state index contributed by atoms with van der Waals surface area (Å²) in [6.45, 7) is 1.63. The minimum Gasteiger partial charge on any atom is -0.508 e. The maximum Gasteiger partial charge on any atom is 0.407 e. The Hall–Kier alpha value is -4.41. The van der Waals surface area contributed by atoms with Gasteiger partial charge in [0.25, 0.3) is 5.91 Å². The highest BCUT2D eigenvalue weighted by atomic mass is 35.5. The maximum absolute atomic E-state index is 14.2. The van der Waals surface area contributed by atoms with E-state index in [0.29, 0.717) is 39.6 Å². The van der Waals surface area contributed by atoms with Crippen molar-refractivity contribution in [3.05, 3.63) is 76.4 Å². The number of amides is 2. The zero-order valence-corrected chi connectivity index (χ0v) is 23.6. The lowest BCUT2D eigenvalue weighted by molar-refractivity contribution is -0.0370. The number of piperazine rings is 1. The molecule has 10 nitrogen and oxygen atoms in total. The lowest BCUT2D eigenvalue weighted by Gasteiger charge is -2.33. The number of carbonyl (C=O) groups excluding carboxylic acids is 1. The van der Waals surface area contributed by atoms with Crippen LogP contribution in [0, 0.1) is 0 Å². The summed E-state index contributed by atoms with van der Waals surface area (Å²) in [4.78, 5) is 33.6. The second-order valence-electron chi connectivity index (χ2n) is 10.4. The topological polar surface area (TPSA) is 121 Å². The van der Waals surface area contributed by atoms with Gasteiger partial charge in [-0.3, -0.25) is 4.79 Å². The summed E-state index contributed by atoms with van der Waals surface area (Å²) < 4.78 is 7.88. The maximum atomic E-state index is 14.2. The number of fused-ring (bicyclic) bond motifs is 1. The van der Waals surface area contributed by atoms with Crippen LogP contribution in [0.5, 0.6) is 5.75 Å². The van der Waals surface area contributed by atoms with E-state index >= 15 is 0 Å². The fourth-order valence-corrected chi connectivity index (χ4v) is 5.49. The van der Waals surface area contributed by atoms with Crippen molar-refractivity contribution in [1.82, 2.24) is 24.6 Å². The van der Waals surface area contributed by atoms with E-state index in [2.05, 4.69) is 0 Å². The van der Waals surface area contributed by atoms with E-state index in [1.807, 2.05) is 36.4 Å². The van der Waals surface area contributed by atoms with Gasteiger partial charge in [-0.05, 0) is 73.4 Å². The molecule has 4 aromatic rings. The average molecular weight is 588 g/mol. The van der Waals surface area contributed by atoms with Crippen LogP contribution < -0.4 is 0 Å². The van der Waals surface area contributed by atoms with E-state index in [1.54, 1.807) is 39.9 Å². The zero-order chi connectivity index (χ0) is 29.2. The molecule has 2 aromatic heterocycles. The van der Waals surface area contributed by atoms with Gasteiger partial charge in [-0.1, -0.05) is 29.8 Å². The predicted molar refractivity (Wildman–Crippen MR) is 159 cm³/mol. The second-order valence-corrected chi connectivity index (χ2v) is 10.8. The molecular formula is C31H30ClN5O5. The van der Waals surface area contributed by atoms with Gasteiger partial charge in [0.15, 0.2) is 11.9 Å². The number of aromatic hydroxyl groups is 1. The Morgan fingerprint density at radius 1 is 0.952 bits per heavy atom. The number of aromatic nitrogens is 3. The molecule has 6 rings (SSSR count). The van der Waals surface area contributed by atoms with Gasteiger partial charge < -0.3 is 24.7 Å². The summed E-state index contributed by atoms with van der Waals surface area (Å²) in [5.41, 5.74) is 3.73. The number of benzene rings is 2. The minimum atomic E-state index is -0.994. The quantitative estimate of drug-likeness (QED) is 0.304. The third-order valence-electron chi connectivity index (χ3n) is 7.65. The van der Waals surface area contributed by atoms with Crippen molar-refractivity contribution in [2.45, 2.75) is 25.5 Å². The molecule has 2 N–H and O–H groups in total. The number of carboxylic acid groups (broad SMARTS) is 1. The van der Waals surface area contributed by atoms with Gasteiger partial charge in [0, 0.05) is 43.4 Å². The Kier molecular flexibility index (Phi) is 7.82. The third-order valence-corrected chi connectivity index (χ3v) is 7.90. The minimum absolute atomic E-state index is 0.127. The Labute approximate surface area is 247 Å². The Bertz CT molecular complexity index is 1640. The van der Waals surface area contributed by atoms with E-state index in [1.165, 1.54) is 4.90 Å². The van der Waals surface area contributed by atoms with Crippen molar-refractivity contribution in [3.63, 3.8) is 0 Å². The Morgan fingerprint density at radius 2 is 1.67 bits per heavy atom. The van der Waals surface area contributed by atoms with Gasteiger partial charge in [-0.2, -0.15) is 5.10 Å². The first-order valence-corrected chi connectivity index (χ1v) is 14.3. The van der Waals surface area contributed by atoms with Crippen LogP contribution in [-0.2, 0) is 4.74 Å². The molecule has 0 bridgehead atoms. The first-order chi connectivity index (χ1) is 20.4. The molecule has 0 spiro atoms. The monoisotopic (exact) mass is 587 g/mol. The standard InChI is InChI=1S/C31H30ClN5O5/c32-22-9-4-20(5-10-22)6-13-25-28-24(30(39)35-14-16-36(17-15-35)31(40)41)19-26(21-7-11-23(38)12-8-21)33-29(28)37(34-25)27-3-1-2-18-42-27/h4-13,19,27,38H,1-3,14-18H2,(H,40,41). The van der Waals surface area contributed by atoms with Crippen LogP contribution in [0.1, 0.15) is 47.1 Å². The SMILES string of the molecule is O=C(O)N1CCN(C(=O)c2cc(-c3ccc(O)cc3)nc3c2c(C=Cc2ccc(Cl)cc2)nn3C2CCCCO2)CC1. The van der Waals surface area contributed by atoms with Gasteiger partial charge in [-0.25, -0.2) is 14.5 Å². The first-order valence-electron chi connectivity index (χ1n) is 13.9. The molecule has 1 unspecified atom stereocenters. The summed E-state index contributed by atoms with van der Waals surface area (Å²) in [5, 5.41) is 25.4. The fraction of sp³-hybridized carbons (Fsp3) is 0.290. The molecule has 2 aliphatic rings.